The third-order valence-electron chi connectivity index (χ3n) is 3.48. The van der Waals surface area contributed by atoms with Crippen LogP contribution in [-0.2, 0) is 20.7 Å². The van der Waals surface area contributed by atoms with Crippen molar-refractivity contribution >= 4 is 17.6 Å². The number of hydrogen-bond acceptors (Lipinski definition) is 4. The van der Waals surface area contributed by atoms with E-state index in [1.54, 1.807) is 6.92 Å². The molecule has 0 fully saturated rings. The van der Waals surface area contributed by atoms with E-state index >= 15 is 0 Å². The summed E-state index contributed by atoms with van der Waals surface area (Å²) >= 11 is 0. The Labute approximate surface area is 124 Å². The van der Waals surface area contributed by atoms with Gasteiger partial charge in [0.2, 0.25) is 5.91 Å². The highest BCUT2D eigenvalue weighted by atomic mass is 16.5. The molecule has 5 nitrogen and oxygen atoms in total. The molecule has 1 aliphatic rings. The predicted molar refractivity (Wildman–Crippen MR) is 79.3 cm³/mol. The first-order valence-electron chi connectivity index (χ1n) is 7.32. The number of hydrogen-bond donors (Lipinski definition) is 1. The molecule has 0 aromatic heterocycles. The summed E-state index contributed by atoms with van der Waals surface area (Å²) in [7, 11) is 0. The molecule has 21 heavy (non-hydrogen) atoms. The minimum absolute atomic E-state index is 0.0550. The van der Waals surface area contributed by atoms with E-state index in [9.17, 15) is 9.59 Å². The number of nitrogens with one attached hydrogen (secondary N) is 1. The summed E-state index contributed by atoms with van der Waals surface area (Å²) in [5.74, 6) is 0.469. The minimum atomic E-state index is -0.186. The number of amides is 1. The Morgan fingerprint density at radius 3 is 2.95 bits per heavy atom. The van der Waals surface area contributed by atoms with Crippen molar-refractivity contribution in [1.29, 1.82) is 0 Å². The zero-order chi connectivity index (χ0) is 15.2. The second-order valence-corrected chi connectivity index (χ2v) is 5.16. The maximum Gasteiger partial charge on any atom is 0.308 e. The highest BCUT2D eigenvalue weighted by Crippen LogP contribution is 2.26. The van der Waals surface area contributed by atoms with Gasteiger partial charge in [-0.15, -0.1) is 0 Å². The molecule has 2 rings (SSSR count). The first kappa shape index (κ1) is 15.4. The normalized spacial score (nSPS) is 14.9. The van der Waals surface area contributed by atoms with Gasteiger partial charge in [0.05, 0.1) is 19.1 Å². The summed E-state index contributed by atoms with van der Waals surface area (Å²) in [6.07, 6.45) is 1.86. The van der Waals surface area contributed by atoms with Crippen molar-refractivity contribution in [2.24, 2.45) is 5.92 Å². The van der Waals surface area contributed by atoms with Gasteiger partial charge in [0.15, 0.2) is 0 Å². The van der Waals surface area contributed by atoms with Crippen LogP contribution in [0.15, 0.2) is 18.2 Å². The van der Waals surface area contributed by atoms with E-state index in [0.29, 0.717) is 26.1 Å². The van der Waals surface area contributed by atoms with Crippen molar-refractivity contribution in [1.82, 2.24) is 0 Å². The molecule has 114 valence electrons. The summed E-state index contributed by atoms with van der Waals surface area (Å²) in [4.78, 5) is 22.8. The molecular weight excluding hydrogens is 270 g/mol. The second kappa shape index (κ2) is 7.11. The van der Waals surface area contributed by atoms with Crippen LogP contribution in [-0.4, -0.2) is 25.1 Å². The number of rotatable bonds is 6. The van der Waals surface area contributed by atoms with Crippen molar-refractivity contribution in [3.05, 3.63) is 23.8 Å². The third kappa shape index (κ3) is 4.21. The highest BCUT2D eigenvalue weighted by molar-refractivity contribution is 5.93. The lowest BCUT2D eigenvalue weighted by Crippen LogP contribution is -2.19. The summed E-state index contributed by atoms with van der Waals surface area (Å²) in [6, 6.07) is 5.64. The zero-order valence-electron chi connectivity index (χ0n) is 12.5. The Kier molecular flexibility index (Phi) is 5.20. The van der Waals surface area contributed by atoms with Gasteiger partial charge in [0, 0.05) is 12.1 Å². The largest absolute Gasteiger partial charge is 0.494 e. The van der Waals surface area contributed by atoms with Gasteiger partial charge in [-0.2, -0.15) is 0 Å². The molecule has 0 bridgehead atoms. The lowest BCUT2D eigenvalue weighted by atomic mass is 10.0. The molecule has 5 heteroatoms. The lowest BCUT2D eigenvalue weighted by Gasteiger charge is -2.18. The Hall–Kier alpha value is -2.04. The molecule has 0 saturated heterocycles. The first-order valence-corrected chi connectivity index (χ1v) is 7.32. The molecule has 0 spiro atoms. The quantitative estimate of drug-likeness (QED) is 0.818. The van der Waals surface area contributed by atoms with Crippen LogP contribution in [0.3, 0.4) is 0 Å². The third-order valence-corrected chi connectivity index (χ3v) is 3.48. The average molecular weight is 291 g/mol. The molecule has 1 aromatic rings. The van der Waals surface area contributed by atoms with Crippen molar-refractivity contribution in [2.75, 3.05) is 18.5 Å². The highest BCUT2D eigenvalue weighted by Gasteiger charge is 2.16. The summed E-state index contributed by atoms with van der Waals surface area (Å²) < 4.78 is 10.6. The second-order valence-electron chi connectivity index (χ2n) is 5.16. The van der Waals surface area contributed by atoms with Crippen LogP contribution in [0.2, 0.25) is 0 Å². The number of carbonyl (C=O) groups excluding carboxylic acids is 2. The molecule has 1 aliphatic heterocycles. The number of anilines is 1. The number of carbonyl (C=O) groups is 2. The van der Waals surface area contributed by atoms with Crippen LogP contribution < -0.4 is 10.1 Å². The van der Waals surface area contributed by atoms with Crippen LogP contribution in [0.4, 0.5) is 5.69 Å². The Bertz CT molecular complexity index is 527. The number of esters is 1. The summed E-state index contributed by atoms with van der Waals surface area (Å²) in [5, 5.41) is 2.83. The molecular formula is C16H21NO4. The van der Waals surface area contributed by atoms with Crippen LogP contribution in [0.1, 0.15) is 32.3 Å². The molecule has 1 aromatic carbocycles. The van der Waals surface area contributed by atoms with Gasteiger partial charge in [0.1, 0.15) is 5.75 Å². The first-order chi connectivity index (χ1) is 10.1. The SMILES string of the molecule is CCOC(=O)C(C)CCOc1ccc2c(c1)CCC(=O)N2. The van der Waals surface area contributed by atoms with Crippen molar-refractivity contribution in [3.63, 3.8) is 0 Å². The Morgan fingerprint density at radius 1 is 1.38 bits per heavy atom. The van der Waals surface area contributed by atoms with Gasteiger partial charge >= 0.3 is 5.97 Å². The molecule has 1 amide bonds. The fraction of sp³-hybridized carbons (Fsp3) is 0.500. The van der Waals surface area contributed by atoms with E-state index in [0.717, 1.165) is 23.4 Å². The fourth-order valence-electron chi connectivity index (χ4n) is 2.21. The van der Waals surface area contributed by atoms with E-state index < -0.39 is 0 Å². The molecule has 0 radical (unpaired) electrons. The number of benzene rings is 1. The van der Waals surface area contributed by atoms with E-state index in [-0.39, 0.29) is 17.8 Å². The molecule has 1 N–H and O–H groups in total. The van der Waals surface area contributed by atoms with Crippen molar-refractivity contribution in [2.45, 2.75) is 33.1 Å². The standard InChI is InChI=1S/C16H21NO4/c1-3-20-16(19)11(2)8-9-21-13-5-6-14-12(10-13)4-7-15(18)17-14/h5-6,10-11H,3-4,7-9H2,1-2H3,(H,17,18). The van der Waals surface area contributed by atoms with E-state index in [1.165, 1.54) is 0 Å². The van der Waals surface area contributed by atoms with Gasteiger partial charge < -0.3 is 14.8 Å². The number of fused-ring (bicyclic) bond motifs is 1. The average Bonchev–Trinajstić information content (AvgIpc) is 2.47. The number of aryl methyl sites for hydroxylation is 1. The fourth-order valence-corrected chi connectivity index (χ4v) is 2.21. The molecule has 1 heterocycles. The molecule has 0 aliphatic carbocycles. The van der Waals surface area contributed by atoms with Crippen LogP contribution >= 0.6 is 0 Å². The minimum Gasteiger partial charge on any atom is -0.494 e. The van der Waals surface area contributed by atoms with Crippen molar-refractivity contribution < 1.29 is 19.1 Å². The maximum atomic E-state index is 11.5. The molecule has 1 unspecified atom stereocenters. The molecule has 1 atom stereocenters. The van der Waals surface area contributed by atoms with Gasteiger partial charge in [0.25, 0.3) is 0 Å². The van der Waals surface area contributed by atoms with E-state index in [2.05, 4.69) is 5.32 Å². The number of ether oxygens (including phenoxy) is 2. The maximum absolute atomic E-state index is 11.5. The molecule has 0 saturated carbocycles. The van der Waals surface area contributed by atoms with Gasteiger partial charge in [-0.1, -0.05) is 6.92 Å². The zero-order valence-corrected chi connectivity index (χ0v) is 12.5. The van der Waals surface area contributed by atoms with Gasteiger partial charge in [-0.3, -0.25) is 9.59 Å². The van der Waals surface area contributed by atoms with Crippen LogP contribution in [0.25, 0.3) is 0 Å². The predicted octanol–water partition coefficient (Wildman–Crippen LogP) is 2.54. The Balaban J connectivity index is 1.84. The van der Waals surface area contributed by atoms with Crippen LogP contribution in [0, 0.1) is 5.92 Å². The van der Waals surface area contributed by atoms with Gasteiger partial charge in [-0.25, -0.2) is 0 Å². The van der Waals surface area contributed by atoms with Crippen molar-refractivity contribution in [3.8, 4) is 5.75 Å². The van der Waals surface area contributed by atoms with E-state index in [1.807, 2.05) is 25.1 Å². The van der Waals surface area contributed by atoms with Gasteiger partial charge in [-0.05, 0) is 43.5 Å². The monoisotopic (exact) mass is 291 g/mol. The van der Waals surface area contributed by atoms with Crippen LogP contribution in [0.5, 0.6) is 5.75 Å². The summed E-state index contributed by atoms with van der Waals surface area (Å²) in [6.45, 7) is 4.50. The van der Waals surface area contributed by atoms with E-state index in [4.69, 9.17) is 9.47 Å². The Morgan fingerprint density at radius 2 is 2.19 bits per heavy atom. The smallest absolute Gasteiger partial charge is 0.308 e. The lowest BCUT2D eigenvalue weighted by molar-refractivity contribution is -0.147. The topological polar surface area (TPSA) is 64.6 Å². The summed E-state index contributed by atoms with van der Waals surface area (Å²) in [5.41, 5.74) is 1.95.